The Morgan fingerprint density at radius 1 is 0.850 bits per heavy atom. The van der Waals surface area contributed by atoms with E-state index < -0.39 is 0 Å². The fraction of sp³-hybridized carbons (Fsp3) is 0.429. The highest BCUT2D eigenvalue weighted by Gasteiger charge is 2.16. The smallest absolute Gasteiger partial charge is 0.254 e. The van der Waals surface area contributed by atoms with E-state index in [4.69, 9.17) is 0 Å². The average Bonchev–Trinajstić information content (AvgIpc) is 2.49. The number of benzene rings is 1. The molecule has 0 fully saturated rings. The highest BCUT2D eigenvalue weighted by atomic mass is 79.9. The molecule has 0 atom stereocenters. The van der Waals surface area contributed by atoms with Crippen molar-refractivity contribution >= 4 is 43.7 Å². The van der Waals surface area contributed by atoms with Crippen molar-refractivity contribution in [1.29, 1.82) is 0 Å². The quantitative estimate of drug-likeness (QED) is 0.538. The van der Waals surface area contributed by atoms with Gasteiger partial charge in [0.05, 0.1) is 10.9 Å². The maximum atomic E-state index is 12.1. The molecule has 0 unspecified atom stereocenters. The van der Waals surface area contributed by atoms with Crippen LogP contribution in [0.4, 0.5) is 0 Å². The number of alkyl halides is 2. The predicted octanol–water partition coefficient (Wildman–Crippen LogP) is 3.32. The Balaban J connectivity index is 2.88. The molecule has 4 nitrogen and oxygen atoms in total. The number of halogens is 2. The fourth-order valence-electron chi connectivity index (χ4n) is 1.69. The topological polar surface area (TPSA) is 40.6 Å². The van der Waals surface area contributed by atoms with Crippen molar-refractivity contribution in [3.63, 3.8) is 0 Å². The highest BCUT2D eigenvalue weighted by Crippen LogP contribution is 2.11. The Bertz CT molecular complexity index is 412. The third kappa shape index (κ3) is 4.06. The van der Waals surface area contributed by atoms with E-state index in [1.54, 1.807) is 34.1 Å². The standard InChI is InChI=1S/C14H18Br2N2O2/c1-3-17(9-15)13(19)11-5-7-12(8-6-11)14(20)18(4-2)10-16/h5-8H,3-4,9-10H2,1-2H3. The molecule has 0 saturated heterocycles. The minimum atomic E-state index is -0.0452. The summed E-state index contributed by atoms with van der Waals surface area (Å²) >= 11 is 6.58. The summed E-state index contributed by atoms with van der Waals surface area (Å²) in [5.41, 5.74) is 2.17. The number of amides is 2. The van der Waals surface area contributed by atoms with E-state index in [9.17, 15) is 9.59 Å². The molecule has 0 aliphatic rings. The molecule has 0 radical (unpaired) electrons. The van der Waals surface area contributed by atoms with Gasteiger partial charge in [0.25, 0.3) is 11.8 Å². The average molecular weight is 406 g/mol. The zero-order valence-corrected chi connectivity index (χ0v) is 14.8. The van der Waals surface area contributed by atoms with Crippen molar-refractivity contribution < 1.29 is 9.59 Å². The van der Waals surface area contributed by atoms with Crippen molar-refractivity contribution in [1.82, 2.24) is 9.80 Å². The maximum Gasteiger partial charge on any atom is 0.254 e. The number of rotatable bonds is 6. The molecule has 0 aliphatic carbocycles. The molecule has 110 valence electrons. The second kappa shape index (κ2) is 8.42. The first-order valence-electron chi connectivity index (χ1n) is 6.39. The Kier molecular flexibility index (Phi) is 7.23. The van der Waals surface area contributed by atoms with E-state index in [-0.39, 0.29) is 11.8 Å². The molecule has 0 spiro atoms. The summed E-state index contributed by atoms with van der Waals surface area (Å²) in [7, 11) is 0. The molecular weight excluding hydrogens is 388 g/mol. The monoisotopic (exact) mass is 404 g/mol. The predicted molar refractivity (Wildman–Crippen MR) is 87.5 cm³/mol. The summed E-state index contributed by atoms with van der Waals surface area (Å²) in [6.45, 7) is 5.12. The highest BCUT2D eigenvalue weighted by molar-refractivity contribution is 9.09. The van der Waals surface area contributed by atoms with Gasteiger partial charge in [0.15, 0.2) is 0 Å². The van der Waals surface area contributed by atoms with Gasteiger partial charge in [0.1, 0.15) is 0 Å². The zero-order chi connectivity index (χ0) is 15.1. The molecule has 0 N–H and O–H groups in total. The zero-order valence-electron chi connectivity index (χ0n) is 11.6. The molecule has 0 saturated carbocycles. The van der Waals surface area contributed by atoms with Crippen LogP contribution in [0.1, 0.15) is 34.6 Å². The van der Waals surface area contributed by atoms with Crippen LogP contribution in [0, 0.1) is 0 Å². The van der Waals surface area contributed by atoms with Gasteiger partial charge in [-0.25, -0.2) is 0 Å². The van der Waals surface area contributed by atoms with Crippen LogP contribution < -0.4 is 0 Å². The Morgan fingerprint density at radius 3 is 1.35 bits per heavy atom. The molecule has 1 aromatic rings. The van der Waals surface area contributed by atoms with Gasteiger partial charge in [0.2, 0.25) is 0 Å². The molecule has 2 amide bonds. The number of carbonyl (C=O) groups is 2. The Labute approximate surface area is 136 Å². The Hall–Kier alpha value is -0.880. The second-order valence-corrected chi connectivity index (χ2v) is 5.14. The van der Waals surface area contributed by atoms with Crippen LogP contribution in [0.15, 0.2) is 24.3 Å². The molecule has 0 aliphatic heterocycles. The van der Waals surface area contributed by atoms with Gasteiger partial charge in [-0.05, 0) is 38.1 Å². The van der Waals surface area contributed by atoms with E-state index in [2.05, 4.69) is 31.9 Å². The summed E-state index contributed by atoms with van der Waals surface area (Å²) in [5.74, 6) is -0.0903. The molecule has 20 heavy (non-hydrogen) atoms. The van der Waals surface area contributed by atoms with Crippen LogP contribution in [0.5, 0.6) is 0 Å². The molecule has 1 rings (SSSR count). The van der Waals surface area contributed by atoms with Gasteiger partial charge < -0.3 is 9.80 Å². The molecule has 0 bridgehead atoms. The van der Waals surface area contributed by atoms with Crippen molar-refractivity contribution in [2.75, 3.05) is 24.0 Å². The maximum absolute atomic E-state index is 12.1. The van der Waals surface area contributed by atoms with Crippen molar-refractivity contribution in [2.45, 2.75) is 13.8 Å². The first-order chi connectivity index (χ1) is 9.58. The summed E-state index contributed by atoms with van der Waals surface area (Å²) in [4.78, 5) is 27.6. The van der Waals surface area contributed by atoms with Crippen LogP contribution >= 0.6 is 31.9 Å². The van der Waals surface area contributed by atoms with Crippen LogP contribution in [-0.2, 0) is 0 Å². The normalized spacial score (nSPS) is 10.2. The van der Waals surface area contributed by atoms with Crippen LogP contribution in [0.25, 0.3) is 0 Å². The van der Waals surface area contributed by atoms with Crippen LogP contribution in [0.2, 0.25) is 0 Å². The SMILES string of the molecule is CCN(CBr)C(=O)c1ccc(C(=O)N(CC)CBr)cc1. The van der Waals surface area contributed by atoms with E-state index in [1.807, 2.05) is 13.8 Å². The van der Waals surface area contributed by atoms with Crippen molar-refractivity contribution in [3.05, 3.63) is 35.4 Å². The fourth-order valence-corrected chi connectivity index (χ4v) is 2.85. The van der Waals surface area contributed by atoms with Gasteiger partial charge in [0, 0.05) is 24.2 Å². The second-order valence-electron chi connectivity index (χ2n) is 4.14. The first-order valence-corrected chi connectivity index (χ1v) is 8.63. The lowest BCUT2D eigenvalue weighted by atomic mass is 10.1. The Morgan fingerprint density at radius 2 is 1.15 bits per heavy atom. The molecule has 6 heteroatoms. The first kappa shape index (κ1) is 17.2. The molecule has 0 heterocycles. The van der Waals surface area contributed by atoms with E-state index in [0.29, 0.717) is 35.1 Å². The van der Waals surface area contributed by atoms with Gasteiger partial charge in [-0.1, -0.05) is 31.9 Å². The molecule has 0 aromatic heterocycles. The molecule has 1 aromatic carbocycles. The lowest BCUT2D eigenvalue weighted by molar-refractivity contribution is 0.0783. The van der Waals surface area contributed by atoms with Gasteiger partial charge in [-0.3, -0.25) is 9.59 Å². The number of hydrogen-bond acceptors (Lipinski definition) is 2. The lowest BCUT2D eigenvalue weighted by Crippen LogP contribution is -2.30. The van der Waals surface area contributed by atoms with E-state index in [0.717, 1.165) is 0 Å². The minimum absolute atomic E-state index is 0.0452. The summed E-state index contributed by atoms with van der Waals surface area (Å²) < 4.78 is 0. The van der Waals surface area contributed by atoms with Crippen molar-refractivity contribution in [3.8, 4) is 0 Å². The third-order valence-electron chi connectivity index (χ3n) is 3.01. The number of carbonyl (C=O) groups excluding carboxylic acids is 2. The van der Waals surface area contributed by atoms with Crippen LogP contribution in [0.3, 0.4) is 0 Å². The lowest BCUT2D eigenvalue weighted by Gasteiger charge is -2.19. The van der Waals surface area contributed by atoms with E-state index in [1.165, 1.54) is 0 Å². The summed E-state index contributed by atoms with van der Waals surface area (Å²) in [6.07, 6.45) is 0. The van der Waals surface area contributed by atoms with Gasteiger partial charge in [-0.15, -0.1) is 0 Å². The summed E-state index contributed by atoms with van der Waals surface area (Å²) in [5, 5.41) is 0. The summed E-state index contributed by atoms with van der Waals surface area (Å²) in [6, 6.07) is 6.79. The number of hydrogen-bond donors (Lipinski definition) is 0. The number of nitrogens with zero attached hydrogens (tertiary/aromatic N) is 2. The van der Waals surface area contributed by atoms with Gasteiger partial charge in [-0.2, -0.15) is 0 Å². The van der Waals surface area contributed by atoms with Gasteiger partial charge >= 0.3 is 0 Å². The molecular formula is C14H18Br2N2O2. The third-order valence-corrected chi connectivity index (χ3v) is 4.22. The van der Waals surface area contributed by atoms with Crippen molar-refractivity contribution in [2.24, 2.45) is 0 Å². The van der Waals surface area contributed by atoms with Crippen LogP contribution in [-0.4, -0.2) is 45.6 Å². The largest absolute Gasteiger partial charge is 0.329 e. The van der Waals surface area contributed by atoms with E-state index >= 15 is 0 Å². The minimum Gasteiger partial charge on any atom is -0.329 e.